The van der Waals surface area contributed by atoms with E-state index in [9.17, 15) is 14.7 Å². The number of aliphatic carboxylic acids is 1. The number of carbonyl (C=O) groups excluding carboxylic acids is 1. The molecule has 1 aliphatic carbocycles. The van der Waals surface area contributed by atoms with Crippen molar-refractivity contribution in [2.45, 2.75) is 26.2 Å². The summed E-state index contributed by atoms with van der Waals surface area (Å²) in [6.07, 6.45) is 2.70. The van der Waals surface area contributed by atoms with Crippen molar-refractivity contribution in [2.24, 2.45) is 11.3 Å². The number of rotatable bonds is 7. The third-order valence-electron chi connectivity index (χ3n) is 4.51. The Balaban J connectivity index is 0.00000220. The van der Waals surface area contributed by atoms with Gasteiger partial charge in [-0.2, -0.15) is 0 Å². The first-order valence-corrected chi connectivity index (χ1v) is 7.38. The summed E-state index contributed by atoms with van der Waals surface area (Å²) in [5, 5.41) is 12.3. The molecule has 1 aliphatic heterocycles. The van der Waals surface area contributed by atoms with Crippen molar-refractivity contribution in [3.8, 4) is 0 Å². The Morgan fingerprint density at radius 2 is 2.24 bits per heavy atom. The monoisotopic (exact) mass is 320 g/mol. The van der Waals surface area contributed by atoms with Gasteiger partial charge in [-0.25, -0.2) is 0 Å². The van der Waals surface area contributed by atoms with E-state index >= 15 is 0 Å². The van der Waals surface area contributed by atoms with Gasteiger partial charge >= 0.3 is 5.97 Å². The molecule has 1 saturated carbocycles. The zero-order chi connectivity index (χ0) is 14.6. The molecule has 0 spiro atoms. The highest BCUT2D eigenvalue weighted by atomic mass is 35.5. The molecule has 2 N–H and O–H groups in total. The van der Waals surface area contributed by atoms with Crippen LogP contribution < -0.4 is 5.32 Å². The average molecular weight is 321 g/mol. The summed E-state index contributed by atoms with van der Waals surface area (Å²) in [4.78, 5) is 25.3. The molecule has 2 aliphatic rings. The van der Waals surface area contributed by atoms with Gasteiger partial charge in [-0.1, -0.05) is 6.42 Å². The summed E-state index contributed by atoms with van der Waals surface area (Å²) in [6.45, 7) is 5.10. The Morgan fingerprint density at radius 3 is 2.86 bits per heavy atom. The highest BCUT2D eigenvalue weighted by Gasteiger charge is 2.54. The first kappa shape index (κ1) is 18.2. The molecule has 0 radical (unpaired) electrons. The molecule has 6 nitrogen and oxygen atoms in total. The molecule has 1 heterocycles. The Hall–Kier alpha value is -0.850. The lowest BCUT2D eigenvalue weighted by Gasteiger charge is -2.23. The van der Waals surface area contributed by atoms with Crippen molar-refractivity contribution in [2.75, 3.05) is 39.4 Å². The summed E-state index contributed by atoms with van der Waals surface area (Å²) < 4.78 is 5.16. The van der Waals surface area contributed by atoms with Crippen LogP contribution in [0.3, 0.4) is 0 Å². The summed E-state index contributed by atoms with van der Waals surface area (Å²) in [7, 11) is 0. The fourth-order valence-corrected chi connectivity index (χ4v) is 3.53. The molecule has 0 aromatic carbocycles. The fourth-order valence-electron chi connectivity index (χ4n) is 3.53. The maximum Gasteiger partial charge on any atom is 0.311 e. The van der Waals surface area contributed by atoms with Crippen LogP contribution in [0.15, 0.2) is 0 Å². The molecule has 0 aromatic rings. The number of hydrogen-bond donors (Lipinski definition) is 2. The minimum atomic E-state index is -0.695. The Kier molecular flexibility index (Phi) is 6.90. The summed E-state index contributed by atoms with van der Waals surface area (Å²) >= 11 is 0. The highest BCUT2D eigenvalue weighted by Crippen LogP contribution is 2.48. The van der Waals surface area contributed by atoms with Gasteiger partial charge in [-0.15, -0.1) is 12.4 Å². The van der Waals surface area contributed by atoms with E-state index in [4.69, 9.17) is 4.74 Å². The van der Waals surface area contributed by atoms with E-state index in [2.05, 4.69) is 5.32 Å². The lowest BCUT2D eigenvalue weighted by molar-refractivity contribution is -0.149. The number of nitrogens with one attached hydrogen (secondary N) is 1. The lowest BCUT2D eigenvalue weighted by Crippen LogP contribution is -2.40. The van der Waals surface area contributed by atoms with Crippen LogP contribution in [-0.4, -0.2) is 61.3 Å². The number of halogens is 1. The average Bonchev–Trinajstić information content (AvgIpc) is 2.92. The van der Waals surface area contributed by atoms with Crippen LogP contribution in [0, 0.1) is 11.3 Å². The fraction of sp³-hybridized carbons (Fsp3) is 0.857. The summed E-state index contributed by atoms with van der Waals surface area (Å²) in [5.74, 6) is -0.541. The van der Waals surface area contributed by atoms with E-state index in [1.54, 1.807) is 0 Å². The van der Waals surface area contributed by atoms with E-state index < -0.39 is 11.4 Å². The summed E-state index contributed by atoms with van der Waals surface area (Å²) in [5.41, 5.74) is -0.606. The number of fused-ring (bicyclic) bond motifs is 1. The van der Waals surface area contributed by atoms with Crippen LogP contribution in [0.1, 0.15) is 26.2 Å². The predicted molar refractivity (Wildman–Crippen MR) is 80.6 cm³/mol. The lowest BCUT2D eigenvalue weighted by atomic mass is 9.81. The van der Waals surface area contributed by atoms with Crippen LogP contribution in [0.25, 0.3) is 0 Å². The first-order valence-electron chi connectivity index (χ1n) is 7.38. The molecule has 1 amide bonds. The van der Waals surface area contributed by atoms with Crippen LogP contribution in [0.4, 0.5) is 0 Å². The normalized spacial score (nSPS) is 28.0. The predicted octanol–water partition coefficient (Wildman–Crippen LogP) is 0.748. The third kappa shape index (κ3) is 4.08. The number of likely N-dealkylation sites (tertiary alicyclic amines) is 1. The quantitative estimate of drug-likeness (QED) is 0.677. The van der Waals surface area contributed by atoms with Crippen molar-refractivity contribution in [3.05, 3.63) is 0 Å². The van der Waals surface area contributed by atoms with E-state index in [1.807, 2.05) is 11.8 Å². The molecular formula is C14H25ClN2O4. The minimum absolute atomic E-state index is 0. The zero-order valence-electron chi connectivity index (χ0n) is 12.5. The van der Waals surface area contributed by atoms with E-state index in [-0.39, 0.29) is 30.8 Å². The van der Waals surface area contributed by atoms with Crippen molar-refractivity contribution >= 4 is 24.3 Å². The van der Waals surface area contributed by atoms with Crippen molar-refractivity contribution in [3.63, 3.8) is 0 Å². The number of carboxylic acid groups (broad SMARTS) is 1. The molecule has 0 aromatic heterocycles. The topological polar surface area (TPSA) is 78.9 Å². The van der Waals surface area contributed by atoms with E-state index in [1.165, 1.54) is 0 Å². The molecule has 2 atom stereocenters. The number of ether oxygens (including phenoxy) is 1. The van der Waals surface area contributed by atoms with Crippen LogP contribution in [-0.2, 0) is 14.3 Å². The second-order valence-electron chi connectivity index (χ2n) is 5.77. The van der Waals surface area contributed by atoms with Crippen molar-refractivity contribution in [1.82, 2.24) is 10.2 Å². The van der Waals surface area contributed by atoms with Crippen LogP contribution in [0.2, 0.25) is 0 Å². The maximum atomic E-state index is 11.8. The Bertz CT molecular complexity index is 380. The van der Waals surface area contributed by atoms with E-state index in [0.717, 1.165) is 25.8 Å². The molecule has 122 valence electrons. The van der Waals surface area contributed by atoms with Gasteiger partial charge in [0.2, 0.25) is 5.91 Å². The standard InChI is InChI=1S/C14H24N2O4.ClH/c1-2-20-7-6-15-12(17)9-16-8-11-4-3-5-14(11,10-16)13(18)19;/h11H,2-10H2,1H3,(H,15,17)(H,18,19);1H/t11-,14+;/m0./s1. The van der Waals surface area contributed by atoms with E-state index in [0.29, 0.717) is 26.3 Å². The molecule has 1 saturated heterocycles. The highest BCUT2D eigenvalue weighted by molar-refractivity contribution is 5.85. The molecular weight excluding hydrogens is 296 g/mol. The van der Waals surface area contributed by atoms with Crippen LogP contribution >= 0.6 is 12.4 Å². The van der Waals surface area contributed by atoms with Crippen LogP contribution in [0.5, 0.6) is 0 Å². The van der Waals surface area contributed by atoms with Gasteiger partial charge in [0.15, 0.2) is 0 Å². The Labute approximate surface area is 131 Å². The zero-order valence-corrected chi connectivity index (χ0v) is 13.3. The van der Waals surface area contributed by atoms with Gasteiger partial charge < -0.3 is 15.2 Å². The number of carbonyl (C=O) groups is 2. The van der Waals surface area contributed by atoms with Gasteiger partial charge in [0, 0.05) is 26.2 Å². The molecule has 0 bridgehead atoms. The van der Waals surface area contributed by atoms with Gasteiger partial charge in [-0.3, -0.25) is 14.5 Å². The smallest absolute Gasteiger partial charge is 0.311 e. The first-order chi connectivity index (χ1) is 9.58. The van der Waals surface area contributed by atoms with Crippen molar-refractivity contribution in [1.29, 1.82) is 0 Å². The maximum absolute atomic E-state index is 11.8. The van der Waals surface area contributed by atoms with Crippen molar-refractivity contribution < 1.29 is 19.4 Å². The molecule has 0 unspecified atom stereocenters. The van der Waals surface area contributed by atoms with Gasteiger partial charge in [0.05, 0.1) is 18.6 Å². The molecule has 21 heavy (non-hydrogen) atoms. The largest absolute Gasteiger partial charge is 0.481 e. The SMILES string of the molecule is CCOCCNC(=O)CN1C[C@@H]2CCC[C@@]2(C(=O)O)C1.Cl. The minimum Gasteiger partial charge on any atom is -0.481 e. The number of hydrogen-bond acceptors (Lipinski definition) is 4. The number of amides is 1. The third-order valence-corrected chi connectivity index (χ3v) is 4.51. The second-order valence-corrected chi connectivity index (χ2v) is 5.77. The molecule has 7 heteroatoms. The second kappa shape index (κ2) is 7.96. The van der Waals surface area contributed by atoms with Gasteiger partial charge in [0.1, 0.15) is 0 Å². The number of carboxylic acids is 1. The molecule has 2 fully saturated rings. The van der Waals surface area contributed by atoms with Gasteiger partial charge in [0.25, 0.3) is 0 Å². The number of nitrogens with zero attached hydrogens (tertiary/aromatic N) is 1. The Morgan fingerprint density at radius 1 is 1.48 bits per heavy atom. The molecule has 2 rings (SSSR count). The van der Waals surface area contributed by atoms with Gasteiger partial charge in [-0.05, 0) is 25.7 Å². The summed E-state index contributed by atoms with van der Waals surface area (Å²) in [6, 6.07) is 0.